The van der Waals surface area contributed by atoms with Crippen LogP contribution in [0.15, 0.2) is 30.3 Å². The van der Waals surface area contributed by atoms with Gasteiger partial charge in [-0.3, -0.25) is 0 Å². The van der Waals surface area contributed by atoms with E-state index >= 15 is 0 Å². The maximum atomic E-state index is 10.4. The van der Waals surface area contributed by atoms with E-state index in [0.717, 1.165) is 6.42 Å². The van der Waals surface area contributed by atoms with Gasteiger partial charge in [-0.25, -0.2) is 0 Å². The molecule has 1 rings (SSSR count). The molecular weight excluding hydrogens is 260 g/mol. The molecule has 120 valence electrons. The van der Waals surface area contributed by atoms with Crippen LogP contribution < -0.4 is 5.32 Å². The second kappa shape index (κ2) is 9.19. The smallest absolute Gasteiger partial charge is 0.0869 e. The maximum absolute atomic E-state index is 10.4. The Bertz CT molecular complexity index is 376. The molecule has 2 N–H and O–H groups in total. The molecule has 3 heteroatoms. The van der Waals surface area contributed by atoms with Crippen LogP contribution in [0.1, 0.15) is 51.1 Å². The zero-order valence-electron chi connectivity index (χ0n) is 14.1. The molecule has 1 aromatic carbocycles. The van der Waals surface area contributed by atoms with Crippen molar-refractivity contribution in [1.82, 2.24) is 10.2 Å². The van der Waals surface area contributed by atoms with Gasteiger partial charge in [0.25, 0.3) is 0 Å². The predicted molar refractivity (Wildman–Crippen MR) is 90.5 cm³/mol. The molecule has 0 heterocycles. The summed E-state index contributed by atoms with van der Waals surface area (Å²) in [5.41, 5.74) is 0.607. The lowest BCUT2D eigenvalue weighted by Gasteiger charge is -2.30. The zero-order chi connectivity index (χ0) is 15.7. The van der Waals surface area contributed by atoms with Crippen molar-refractivity contribution in [1.29, 1.82) is 0 Å². The average Bonchev–Trinajstić information content (AvgIpc) is 2.42. The largest absolute Gasteiger partial charge is 0.388 e. The van der Waals surface area contributed by atoms with Crippen molar-refractivity contribution in [2.45, 2.75) is 51.2 Å². The fraction of sp³-hybridized carbons (Fsp3) is 0.667. The molecule has 0 saturated carbocycles. The lowest BCUT2D eigenvalue weighted by molar-refractivity contribution is 0.0309. The van der Waals surface area contributed by atoms with Gasteiger partial charge in [-0.1, -0.05) is 56.5 Å². The molecule has 0 spiro atoms. The van der Waals surface area contributed by atoms with E-state index in [2.05, 4.69) is 42.6 Å². The van der Waals surface area contributed by atoms with Gasteiger partial charge in [-0.05, 0) is 33.0 Å². The number of benzene rings is 1. The minimum Gasteiger partial charge on any atom is -0.388 e. The van der Waals surface area contributed by atoms with Crippen molar-refractivity contribution in [2.24, 2.45) is 0 Å². The topological polar surface area (TPSA) is 35.5 Å². The first-order valence-corrected chi connectivity index (χ1v) is 8.10. The molecule has 2 unspecified atom stereocenters. The van der Waals surface area contributed by atoms with E-state index in [-0.39, 0.29) is 0 Å². The molecular formula is C18H32N2O. The summed E-state index contributed by atoms with van der Waals surface area (Å²) in [6.07, 6.45) is 4.84. The Morgan fingerprint density at radius 1 is 1.19 bits per heavy atom. The van der Waals surface area contributed by atoms with Crippen molar-refractivity contribution < 1.29 is 5.11 Å². The first-order valence-electron chi connectivity index (χ1n) is 8.10. The van der Waals surface area contributed by atoms with Crippen LogP contribution in [0.5, 0.6) is 0 Å². The fourth-order valence-corrected chi connectivity index (χ4v) is 2.75. The monoisotopic (exact) mass is 292 g/mol. The highest BCUT2D eigenvalue weighted by Gasteiger charge is 2.23. The van der Waals surface area contributed by atoms with Crippen LogP contribution >= 0.6 is 0 Å². The number of rotatable bonds is 10. The number of hydrogen-bond acceptors (Lipinski definition) is 3. The van der Waals surface area contributed by atoms with Crippen LogP contribution in [-0.2, 0) is 0 Å². The lowest BCUT2D eigenvalue weighted by atomic mass is 9.98. The first kappa shape index (κ1) is 18.1. The van der Waals surface area contributed by atoms with E-state index in [0.29, 0.717) is 19.1 Å². The van der Waals surface area contributed by atoms with Gasteiger partial charge in [-0.15, -0.1) is 0 Å². The van der Waals surface area contributed by atoms with Crippen molar-refractivity contribution in [2.75, 3.05) is 27.2 Å². The summed E-state index contributed by atoms with van der Waals surface area (Å²) in [6.45, 7) is 5.40. The standard InChI is InChI=1S/C18H32N2O/c1-5-6-8-13-17(16-11-9-7-10-12-16)19-14-18(2,21)15-20(3)4/h7,9-12,17,19,21H,5-6,8,13-15H2,1-4H3. The van der Waals surface area contributed by atoms with Crippen LogP contribution in [-0.4, -0.2) is 42.8 Å². The Morgan fingerprint density at radius 3 is 2.43 bits per heavy atom. The van der Waals surface area contributed by atoms with Gasteiger partial charge in [0.1, 0.15) is 0 Å². The van der Waals surface area contributed by atoms with Gasteiger partial charge < -0.3 is 15.3 Å². The summed E-state index contributed by atoms with van der Waals surface area (Å²) in [5, 5.41) is 14.0. The predicted octanol–water partition coefficient (Wildman–Crippen LogP) is 3.21. The summed E-state index contributed by atoms with van der Waals surface area (Å²) < 4.78 is 0. The minimum atomic E-state index is -0.707. The molecule has 0 saturated heterocycles. The van der Waals surface area contributed by atoms with Crippen molar-refractivity contribution in [3.05, 3.63) is 35.9 Å². The number of aliphatic hydroxyl groups is 1. The molecule has 0 amide bonds. The van der Waals surface area contributed by atoms with E-state index < -0.39 is 5.60 Å². The van der Waals surface area contributed by atoms with Crippen molar-refractivity contribution in [3.63, 3.8) is 0 Å². The molecule has 0 aliphatic heterocycles. The minimum absolute atomic E-state index is 0.325. The Morgan fingerprint density at radius 2 is 1.86 bits per heavy atom. The van der Waals surface area contributed by atoms with E-state index in [1.807, 2.05) is 25.9 Å². The van der Waals surface area contributed by atoms with Crippen LogP contribution in [0, 0.1) is 0 Å². The third-order valence-corrected chi connectivity index (χ3v) is 3.68. The first-order chi connectivity index (χ1) is 9.94. The highest BCUT2D eigenvalue weighted by Crippen LogP contribution is 2.20. The third kappa shape index (κ3) is 7.60. The highest BCUT2D eigenvalue weighted by molar-refractivity contribution is 5.18. The number of nitrogens with one attached hydrogen (secondary N) is 1. The molecule has 0 aliphatic carbocycles. The van der Waals surface area contributed by atoms with Crippen molar-refractivity contribution in [3.8, 4) is 0 Å². The summed E-state index contributed by atoms with van der Waals surface area (Å²) in [6, 6.07) is 10.9. The summed E-state index contributed by atoms with van der Waals surface area (Å²) in [7, 11) is 3.98. The van der Waals surface area contributed by atoms with Gasteiger partial charge in [0.05, 0.1) is 5.60 Å². The number of likely N-dealkylation sites (N-methyl/N-ethyl adjacent to an activating group) is 1. The van der Waals surface area contributed by atoms with Gasteiger partial charge in [0.15, 0.2) is 0 Å². The molecule has 0 aromatic heterocycles. The van der Waals surface area contributed by atoms with Crippen LogP contribution in [0.25, 0.3) is 0 Å². The summed E-state index contributed by atoms with van der Waals surface area (Å²) in [4.78, 5) is 2.02. The third-order valence-electron chi connectivity index (χ3n) is 3.68. The molecule has 0 radical (unpaired) electrons. The van der Waals surface area contributed by atoms with E-state index in [9.17, 15) is 5.11 Å². The Hall–Kier alpha value is -0.900. The Labute approximate surface area is 130 Å². The number of hydrogen-bond donors (Lipinski definition) is 2. The van der Waals surface area contributed by atoms with Gasteiger partial charge in [0.2, 0.25) is 0 Å². The normalized spacial score (nSPS) is 15.9. The zero-order valence-corrected chi connectivity index (χ0v) is 14.1. The SMILES string of the molecule is CCCCCC(NCC(C)(O)CN(C)C)c1ccccc1. The second-order valence-electron chi connectivity index (χ2n) is 6.57. The number of unbranched alkanes of at least 4 members (excludes halogenated alkanes) is 2. The number of nitrogens with zero attached hydrogens (tertiary/aromatic N) is 1. The van der Waals surface area contributed by atoms with Gasteiger partial charge in [0, 0.05) is 19.1 Å². The fourth-order valence-electron chi connectivity index (χ4n) is 2.75. The molecule has 0 aliphatic rings. The molecule has 3 nitrogen and oxygen atoms in total. The highest BCUT2D eigenvalue weighted by atomic mass is 16.3. The van der Waals surface area contributed by atoms with Crippen LogP contribution in [0.3, 0.4) is 0 Å². The Balaban J connectivity index is 2.61. The average molecular weight is 292 g/mol. The van der Waals surface area contributed by atoms with Crippen LogP contribution in [0.2, 0.25) is 0 Å². The lowest BCUT2D eigenvalue weighted by Crippen LogP contribution is -2.46. The second-order valence-corrected chi connectivity index (χ2v) is 6.57. The maximum Gasteiger partial charge on any atom is 0.0869 e. The summed E-state index contributed by atoms with van der Waals surface area (Å²) >= 11 is 0. The quantitative estimate of drug-likeness (QED) is 0.650. The molecule has 0 bridgehead atoms. The molecule has 0 fully saturated rings. The molecule has 21 heavy (non-hydrogen) atoms. The van der Waals surface area contributed by atoms with Crippen molar-refractivity contribution >= 4 is 0 Å². The molecule has 1 aromatic rings. The summed E-state index contributed by atoms with van der Waals surface area (Å²) in [5.74, 6) is 0. The Kier molecular flexibility index (Phi) is 7.94. The van der Waals surface area contributed by atoms with Gasteiger partial charge in [-0.2, -0.15) is 0 Å². The van der Waals surface area contributed by atoms with Gasteiger partial charge >= 0.3 is 0 Å². The van der Waals surface area contributed by atoms with E-state index in [1.165, 1.54) is 24.8 Å². The van der Waals surface area contributed by atoms with E-state index in [4.69, 9.17) is 0 Å². The van der Waals surface area contributed by atoms with Crippen LogP contribution in [0.4, 0.5) is 0 Å². The van der Waals surface area contributed by atoms with E-state index in [1.54, 1.807) is 0 Å². The molecule has 2 atom stereocenters.